The van der Waals surface area contributed by atoms with Gasteiger partial charge in [-0.2, -0.15) is 0 Å². The van der Waals surface area contributed by atoms with Gasteiger partial charge in [-0.3, -0.25) is 0 Å². The number of benzene rings is 4. The summed E-state index contributed by atoms with van der Waals surface area (Å²) >= 11 is 0. The van der Waals surface area contributed by atoms with E-state index in [0.29, 0.717) is 22.7 Å². The number of hydrogen-bond donors (Lipinski definition) is 2. The van der Waals surface area contributed by atoms with E-state index in [2.05, 4.69) is 24.4 Å². The Balaban J connectivity index is 1.49. The summed E-state index contributed by atoms with van der Waals surface area (Å²) in [6.45, 7) is 2.16. The molecule has 0 fully saturated rings. The standard InChI is InChI=1S/C29H24N2O3/c1-2-25(18-8-4-3-5-9-18)31-20-13-14-23-27(17-20)33-26-15-12-19(30)16-24(26)29(23)22-11-7-6-10-21(22)28(32)34-29/h3-17,25,31H,2,30H2,1H3. The van der Waals surface area contributed by atoms with Crippen LogP contribution in [-0.4, -0.2) is 5.97 Å². The number of hydrogen-bond acceptors (Lipinski definition) is 5. The van der Waals surface area contributed by atoms with Crippen LogP contribution in [0.25, 0.3) is 0 Å². The molecule has 34 heavy (non-hydrogen) atoms. The first-order chi connectivity index (χ1) is 16.6. The predicted molar refractivity (Wildman–Crippen MR) is 132 cm³/mol. The number of anilines is 2. The van der Waals surface area contributed by atoms with Gasteiger partial charge < -0.3 is 20.5 Å². The zero-order chi connectivity index (χ0) is 23.3. The molecular formula is C29H24N2O3. The van der Waals surface area contributed by atoms with Crippen molar-refractivity contribution in [3.8, 4) is 11.5 Å². The topological polar surface area (TPSA) is 73.6 Å². The Labute approximate surface area is 198 Å². The molecule has 0 amide bonds. The maximum absolute atomic E-state index is 12.9. The van der Waals surface area contributed by atoms with Crippen molar-refractivity contribution < 1.29 is 14.3 Å². The molecule has 0 saturated carbocycles. The average Bonchev–Trinajstić information content (AvgIpc) is 3.16. The second-order valence-electron chi connectivity index (χ2n) is 8.70. The summed E-state index contributed by atoms with van der Waals surface area (Å²) in [4.78, 5) is 12.9. The number of ether oxygens (including phenoxy) is 2. The molecule has 0 aliphatic carbocycles. The van der Waals surface area contributed by atoms with Gasteiger partial charge in [0.1, 0.15) is 11.5 Å². The lowest BCUT2D eigenvalue weighted by Gasteiger charge is -2.37. The highest BCUT2D eigenvalue weighted by Gasteiger charge is 2.53. The monoisotopic (exact) mass is 448 g/mol. The number of esters is 1. The van der Waals surface area contributed by atoms with Gasteiger partial charge in [0.25, 0.3) is 0 Å². The van der Waals surface area contributed by atoms with Gasteiger partial charge in [0.15, 0.2) is 5.60 Å². The Morgan fingerprint density at radius 2 is 1.65 bits per heavy atom. The summed E-state index contributed by atoms with van der Waals surface area (Å²) in [6.07, 6.45) is 0.930. The van der Waals surface area contributed by atoms with E-state index in [0.717, 1.165) is 28.8 Å². The van der Waals surface area contributed by atoms with Crippen molar-refractivity contribution >= 4 is 17.3 Å². The van der Waals surface area contributed by atoms with Gasteiger partial charge in [-0.25, -0.2) is 4.79 Å². The maximum Gasteiger partial charge on any atom is 0.340 e. The zero-order valence-corrected chi connectivity index (χ0v) is 18.7. The van der Waals surface area contributed by atoms with Crippen molar-refractivity contribution in [2.24, 2.45) is 0 Å². The summed E-state index contributed by atoms with van der Waals surface area (Å²) in [7, 11) is 0. The van der Waals surface area contributed by atoms with Crippen LogP contribution in [0, 0.1) is 0 Å². The second kappa shape index (κ2) is 7.66. The summed E-state index contributed by atoms with van der Waals surface area (Å²) in [5.74, 6) is 0.919. The molecule has 0 aromatic heterocycles. The predicted octanol–water partition coefficient (Wildman–Crippen LogP) is 6.40. The first-order valence-corrected chi connectivity index (χ1v) is 11.5. The molecular weight excluding hydrogens is 424 g/mol. The van der Waals surface area contributed by atoms with Crippen LogP contribution < -0.4 is 15.8 Å². The minimum atomic E-state index is -1.10. The lowest BCUT2D eigenvalue weighted by Crippen LogP contribution is -2.33. The maximum atomic E-state index is 12.9. The lowest BCUT2D eigenvalue weighted by molar-refractivity contribution is 0.0224. The molecule has 2 aliphatic rings. The molecule has 3 N–H and O–H groups in total. The van der Waals surface area contributed by atoms with Crippen LogP contribution in [0.1, 0.15) is 52.0 Å². The van der Waals surface area contributed by atoms with E-state index in [4.69, 9.17) is 15.2 Å². The fourth-order valence-electron chi connectivity index (χ4n) is 5.09. The van der Waals surface area contributed by atoms with Gasteiger partial charge in [-0.15, -0.1) is 0 Å². The summed E-state index contributed by atoms with van der Waals surface area (Å²) in [5, 5.41) is 3.63. The third kappa shape index (κ3) is 2.97. The van der Waals surface area contributed by atoms with E-state index in [1.54, 1.807) is 12.1 Å². The highest BCUT2D eigenvalue weighted by atomic mass is 16.6. The summed E-state index contributed by atoms with van der Waals surface area (Å²) < 4.78 is 12.5. The van der Waals surface area contributed by atoms with E-state index >= 15 is 0 Å². The van der Waals surface area contributed by atoms with E-state index in [1.165, 1.54) is 5.56 Å². The number of rotatable bonds is 4. The first-order valence-electron chi connectivity index (χ1n) is 11.5. The molecule has 2 aliphatic heterocycles. The Hall–Kier alpha value is -4.25. The molecule has 6 rings (SSSR count). The van der Waals surface area contributed by atoms with Gasteiger partial charge >= 0.3 is 5.97 Å². The molecule has 0 bridgehead atoms. The first kappa shape index (κ1) is 20.4. The molecule has 5 nitrogen and oxygen atoms in total. The van der Waals surface area contributed by atoms with Gasteiger partial charge in [-0.05, 0) is 48.4 Å². The molecule has 4 aromatic carbocycles. The molecule has 168 valence electrons. The zero-order valence-electron chi connectivity index (χ0n) is 18.7. The van der Waals surface area contributed by atoms with Crippen molar-refractivity contribution in [1.29, 1.82) is 0 Å². The molecule has 2 atom stereocenters. The van der Waals surface area contributed by atoms with E-state index in [-0.39, 0.29) is 12.0 Å². The third-order valence-electron chi connectivity index (χ3n) is 6.69. The number of nitrogen functional groups attached to an aromatic ring is 1. The van der Waals surface area contributed by atoms with Crippen molar-refractivity contribution in [3.63, 3.8) is 0 Å². The van der Waals surface area contributed by atoms with E-state index < -0.39 is 5.60 Å². The van der Waals surface area contributed by atoms with Crippen molar-refractivity contribution in [3.05, 3.63) is 119 Å². The van der Waals surface area contributed by atoms with Gasteiger partial charge in [0.05, 0.1) is 11.6 Å². The Morgan fingerprint density at radius 3 is 2.47 bits per heavy atom. The summed E-state index contributed by atoms with van der Waals surface area (Å²) in [6, 6.07) is 29.5. The Morgan fingerprint density at radius 1 is 0.853 bits per heavy atom. The molecule has 1 spiro atoms. The van der Waals surface area contributed by atoms with Crippen LogP contribution in [0.2, 0.25) is 0 Å². The van der Waals surface area contributed by atoms with Gasteiger partial charge in [0, 0.05) is 34.1 Å². The van der Waals surface area contributed by atoms with Crippen molar-refractivity contribution in [1.82, 2.24) is 0 Å². The van der Waals surface area contributed by atoms with Crippen molar-refractivity contribution in [2.75, 3.05) is 11.1 Å². The lowest BCUT2D eigenvalue weighted by atomic mass is 9.77. The Bertz CT molecular complexity index is 1420. The number of nitrogens with one attached hydrogen (secondary N) is 1. The van der Waals surface area contributed by atoms with Crippen LogP contribution in [-0.2, 0) is 10.3 Å². The summed E-state index contributed by atoms with van der Waals surface area (Å²) in [5.41, 5.74) is 10.6. The van der Waals surface area contributed by atoms with Gasteiger partial charge in [-0.1, -0.05) is 55.5 Å². The number of carbonyl (C=O) groups is 1. The molecule has 0 radical (unpaired) electrons. The minimum Gasteiger partial charge on any atom is -0.456 e. The van der Waals surface area contributed by atoms with Crippen LogP contribution >= 0.6 is 0 Å². The van der Waals surface area contributed by atoms with Crippen LogP contribution in [0.4, 0.5) is 11.4 Å². The Kier molecular flexibility index (Phi) is 4.59. The van der Waals surface area contributed by atoms with E-state index in [9.17, 15) is 4.79 Å². The quantitative estimate of drug-likeness (QED) is 0.279. The molecule has 0 saturated heterocycles. The van der Waals surface area contributed by atoms with E-state index in [1.807, 2.05) is 66.7 Å². The van der Waals surface area contributed by atoms with Crippen LogP contribution in [0.3, 0.4) is 0 Å². The molecule has 2 heterocycles. The average molecular weight is 449 g/mol. The highest BCUT2D eigenvalue weighted by Crippen LogP contribution is 2.56. The SMILES string of the molecule is CCC(Nc1ccc2c(c1)Oc1ccc(N)cc1C21OC(=O)c2ccccc21)c1ccccc1. The number of fused-ring (bicyclic) bond motifs is 6. The molecule has 4 aromatic rings. The smallest absolute Gasteiger partial charge is 0.340 e. The normalized spacial score (nSPS) is 18.3. The molecule has 5 heteroatoms. The third-order valence-corrected chi connectivity index (χ3v) is 6.69. The second-order valence-corrected chi connectivity index (χ2v) is 8.70. The number of nitrogens with two attached hydrogens (primary N) is 1. The van der Waals surface area contributed by atoms with Gasteiger partial charge in [0.2, 0.25) is 0 Å². The van der Waals surface area contributed by atoms with Crippen LogP contribution in [0.15, 0.2) is 91.0 Å². The highest BCUT2D eigenvalue weighted by molar-refractivity contribution is 5.97. The van der Waals surface area contributed by atoms with Crippen LogP contribution in [0.5, 0.6) is 11.5 Å². The number of carbonyl (C=O) groups excluding carboxylic acids is 1. The largest absolute Gasteiger partial charge is 0.456 e. The molecule has 2 unspecified atom stereocenters. The van der Waals surface area contributed by atoms with Crippen molar-refractivity contribution in [2.45, 2.75) is 25.0 Å². The fraction of sp³-hybridized carbons (Fsp3) is 0.138. The minimum absolute atomic E-state index is 0.161. The fourth-order valence-corrected chi connectivity index (χ4v) is 5.09.